The second-order valence-corrected chi connectivity index (χ2v) is 5.99. The van der Waals surface area contributed by atoms with Crippen molar-refractivity contribution in [3.8, 4) is 5.75 Å². The van der Waals surface area contributed by atoms with Crippen molar-refractivity contribution in [1.29, 1.82) is 0 Å². The number of nitrogens with one attached hydrogen (secondary N) is 1. The van der Waals surface area contributed by atoms with E-state index in [4.69, 9.17) is 0 Å². The van der Waals surface area contributed by atoms with Crippen LogP contribution in [-0.4, -0.2) is 47.9 Å². The molecule has 2 amide bonds. The van der Waals surface area contributed by atoms with E-state index in [0.29, 0.717) is 38.0 Å². The van der Waals surface area contributed by atoms with Crippen molar-refractivity contribution in [3.05, 3.63) is 29.8 Å². The summed E-state index contributed by atoms with van der Waals surface area (Å²) in [5, 5.41) is 12.8. The molecule has 1 aliphatic heterocycles. The molecule has 5 nitrogen and oxygen atoms in total. The summed E-state index contributed by atoms with van der Waals surface area (Å²) in [6.45, 7) is 0.0453. The fourth-order valence-electron chi connectivity index (χ4n) is 2.73. The number of hydrogen-bond donors (Lipinski definition) is 2. The van der Waals surface area contributed by atoms with E-state index < -0.39 is 12.2 Å². The van der Waals surface area contributed by atoms with Crippen LogP contribution >= 0.6 is 0 Å². The van der Waals surface area contributed by atoms with Crippen LogP contribution in [0.5, 0.6) is 5.75 Å². The molecule has 1 saturated heterocycles. The molecule has 1 aliphatic rings. The van der Waals surface area contributed by atoms with E-state index in [0.717, 1.165) is 6.42 Å². The third-order valence-electron chi connectivity index (χ3n) is 3.82. The Morgan fingerprint density at radius 3 is 2.91 bits per heavy atom. The number of carbonyl (C=O) groups excluding carboxylic acids is 1. The number of carbonyl (C=O) groups is 1. The van der Waals surface area contributed by atoms with Gasteiger partial charge >= 0.3 is 12.6 Å². The minimum Gasteiger partial charge on any atom is -0.435 e. The Morgan fingerprint density at radius 1 is 1.48 bits per heavy atom. The summed E-state index contributed by atoms with van der Waals surface area (Å²) in [7, 11) is 0. The van der Waals surface area contributed by atoms with Gasteiger partial charge in [0.2, 0.25) is 0 Å². The SMILES string of the molecule is C[C@]1(O)CCCN(C(=O)NCCc2ccccc2OC(F)F)C1. The molecule has 0 aliphatic carbocycles. The van der Waals surface area contributed by atoms with E-state index in [1.54, 1.807) is 30.0 Å². The molecule has 0 radical (unpaired) electrons. The second kappa shape index (κ2) is 7.59. The van der Waals surface area contributed by atoms with Gasteiger partial charge in [-0.05, 0) is 37.8 Å². The van der Waals surface area contributed by atoms with Gasteiger partial charge < -0.3 is 20.1 Å². The maximum absolute atomic E-state index is 12.3. The van der Waals surface area contributed by atoms with E-state index in [1.807, 2.05) is 0 Å². The average molecular weight is 328 g/mol. The lowest BCUT2D eigenvalue weighted by atomic mass is 9.95. The summed E-state index contributed by atoms with van der Waals surface area (Å²) < 4.78 is 29.1. The monoisotopic (exact) mass is 328 g/mol. The minimum atomic E-state index is -2.87. The van der Waals surface area contributed by atoms with Gasteiger partial charge in [-0.15, -0.1) is 0 Å². The molecule has 0 spiro atoms. The number of β-amino-alcohol motifs (C(OH)–C–C–N with tert-alkyl or cyclic N) is 1. The van der Waals surface area contributed by atoms with Crippen molar-refractivity contribution < 1.29 is 23.4 Å². The van der Waals surface area contributed by atoms with Crippen molar-refractivity contribution in [2.45, 2.75) is 38.4 Å². The fraction of sp³-hybridized carbons (Fsp3) is 0.562. The summed E-state index contributed by atoms with van der Waals surface area (Å²) in [4.78, 5) is 13.7. The Kier molecular flexibility index (Phi) is 5.76. The van der Waals surface area contributed by atoms with Crippen LogP contribution in [0.4, 0.5) is 13.6 Å². The van der Waals surface area contributed by atoms with Gasteiger partial charge in [0.1, 0.15) is 5.75 Å². The molecule has 1 heterocycles. The predicted molar refractivity (Wildman–Crippen MR) is 81.6 cm³/mol. The molecule has 1 fully saturated rings. The standard InChI is InChI=1S/C16H22F2N2O3/c1-16(22)8-4-10-20(11-16)15(21)19-9-7-12-5-2-3-6-13(12)23-14(17)18/h2-3,5-6,14,22H,4,7-11H2,1H3,(H,19,21)/t16-/m0/s1. The second-order valence-electron chi connectivity index (χ2n) is 5.99. The lowest BCUT2D eigenvalue weighted by molar-refractivity contribution is -0.0504. The molecule has 0 bridgehead atoms. The molecule has 2 N–H and O–H groups in total. The topological polar surface area (TPSA) is 61.8 Å². The highest BCUT2D eigenvalue weighted by molar-refractivity contribution is 5.74. The molecule has 0 aromatic heterocycles. The first-order chi connectivity index (χ1) is 10.9. The molecule has 1 aromatic rings. The maximum atomic E-state index is 12.3. The zero-order valence-corrected chi connectivity index (χ0v) is 13.1. The summed E-state index contributed by atoms with van der Waals surface area (Å²) >= 11 is 0. The number of piperidine rings is 1. The number of urea groups is 1. The molecule has 128 valence electrons. The summed E-state index contributed by atoms with van der Waals surface area (Å²) in [5.41, 5.74) is -0.244. The van der Waals surface area contributed by atoms with Gasteiger partial charge in [0.05, 0.1) is 12.1 Å². The van der Waals surface area contributed by atoms with Crippen molar-refractivity contribution in [2.24, 2.45) is 0 Å². The van der Waals surface area contributed by atoms with Crippen molar-refractivity contribution in [1.82, 2.24) is 10.2 Å². The Morgan fingerprint density at radius 2 is 2.22 bits per heavy atom. The number of halogens is 2. The van der Waals surface area contributed by atoms with Gasteiger partial charge in [0.25, 0.3) is 0 Å². The highest BCUT2D eigenvalue weighted by Gasteiger charge is 2.30. The molecule has 2 rings (SSSR count). The average Bonchev–Trinajstić information content (AvgIpc) is 2.47. The predicted octanol–water partition coefficient (Wildman–Crippen LogP) is 2.39. The van der Waals surface area contributed by atoms with Crippen LogP contribution in [0, 0.1) is 0 Å². The Labute approximate surface area is 134 Å². The van der Waals surface area contributed by atoms with Gasteiger partial charge in [0.15, 0.2) is 0 Å². The molecular weight excluding hydrogens is 306 g/mol. The Bertz CT molecular complexity index is 538. The van der Waals surface area contributed by atoms with E-state index in [1.165, 1.54) is 6.07 Å². The van der Waals surface area contributed by atoms with E-state index in [-0.39, 0.29) is 11.8 Å². The first-order valence-corrected chi connectivity index (χ1v) is 7.65. The van der Waals surface area contributed by atoms with Gasteiger partial charge in [-0.25, -0.2) is 4.79 Å². The van der Waals surface area contributed by atoms with Crippen molar-refractivity contribution in [2.75, 3.05) is 19.6 Å². The van der Waals surface area contributed by atoms with Crippen LogP contribution in [0.15, 0.2) is 24.3 Å². The van der Waals surface area contributed by atoms with Gasteiger partial charge in [0, 0.05) is 13.1 Å². The summed E-state index contributed by atoms with van der Waals surface area (Å²) in [6, 6.07) is 6.27. The number of para-hydroxylation sites is 1. The van der Waals surface area contributed by atoms with Crippen LogP contribution in [0.2, 0.25) is 0 Å². The first-order valence-electron chi connectivity index (χ1n) is 7.65. The fourth-order valence-corrected chi connectivity index (χ4v) is 2.73. The number of amides is 2. The van der Waals surface area contributed by atoms with E-state index in [2.05, 4.69) is 10.1 Å². The van der Waals surface area contributed by atoms with Crippen LogP contribution in [0.25, 0.3) is 0 Å². The first kappa shape index (κ1) is 17.5. The van der Waals surface area contributed by atoms with Crippen LogP contribution < -0.4 is 10.1 Å². The number of aliphatic hydroxyl groups is 1. The minimum absolute atomic E-state index is 0.123. The number of nitrogens with zero attached hydrogens (tertiary/aromatic N) is 1. The smallest absolute Gasteiger partial charge is 0.387 e. The molecule has 0 unspecified atom stereocenters. The zero-order valence-electron chi connectivity index (χ0n) is 13.1. The van der Waals surface area contributed by atoms with Gasteiger partial charge in [-0.3, -0.25) is 0 Å². The number of benzene rings is 1. The number of alkyl halides is 2. The number of hydrogen-bond acceptors (Lipinski definition) is 3. The maximum Gasteiger partial charge on any atom is 0.387 e. The molecule has 0 saturated carbocycles. The molecular formula is C16H22F2N2O3. The number of ether oxygens (including phenoxy) is 1. The lowest BCUT2D eigenvalue weighted by Crippen LogP contribution is -2.52. The molecule has 23 heavy (non-hydrogen) atoms. The zero-order chi connectivity index (χ0) is 16.9. The molecule has 7 heteroatoms. The Hall–Kier alpha value is -1.89. The molecule has 1 aromatic carbocycles. The van der Waals surface area contributed by atoms with Crippen molar-refractivity contribution in [3.63, 3.8) is 0 Å². The molecule has 1 atom stereocenters. The largest absolute Gasteiger partial charge is 0.435 e. The summed E-state index contributed by atoms with van der Waals surface area (Å²) in [5.74, 6) is 0.123. The van der Waals surface area contributed by atoms with E-state index >= 15 is 0 Å². The van der Waals surface area contributed by atoms with Crippen LogP contribution in [0.1, 0.15) is 25.3 Å². The van der Waals surface area contributed by atoms with Crippen LogP contribution in [0.3, 0.4) is 0 Å². The number of rotatable bonds is 5. The highest BCUT2D eigenvalue weighted by atomic mass is 19.3. The lowest BCUT2D eigenvalue weighted by Gasteiger charge is -2.36. The highest BCUT2D eigenvalue weighted by Crippen LogP contribution is 2.21. The van der Waals surface area contributed by atoms with Gasteiger partial charge in [-0.2, -0.15) is 8.78 Å². The normalized spacial score (nSPS) is 21.3. The van der Waals surface area contributed by atoms with Crippen LogP contribution in [-0.2, 0) is 6.42 Å². The van der Waals surface area contributed by atoms with Crippen molar-refractivity contribution >= 4 is 6.03 Å². The van der Waals surface area contributed by atoms with E-state index in [9.17, 15) is 18.7 Å². The summed E-state index contributed by atoms with van der Waals surface area (Å²) in [6.07, 6.45) is 1.82. The third kappa shape index (κ3) is 5.35. The quantitative estimate of drug-likeness (QED) is 0.872. The third-order valence-corrected chi connectivity index (χ3v) is 3.82. The van der Waals surface area contributed by atoms with Gasteiger partial charge in [-0.1, -0.05) is 18.2 Å². The number of likely N-dealkylation sites (tertiary alicyclic amines) is 1. The Balaban J connectivity index is 1.84.